The van der Waals surface area contributed by atoms with E-state index in [0.717, 1.165) is 44.7 Å². The van der Waals surface area contributed by atoms with Gasteiger partial charge >= 0.3 is 5.97 Å². The lowest BCUT2D eigenvalue weighted by molar-refractivity contribution is -0.139. The first-order valence-electron chi connectivity index (χ1n) is 12.7. The van der Waals surface area contributed by atoms with Crippen LogP contribution in [0.25, 0.3) is 16.7 Å². The van der Waals surface area contributed by atoms with Crippen molar-refractivity contribution >= 4 is 28.9 Å². The molecular formula is C30H30N6O3. The first-order valence-corrected chi connectivity index (χ1v) is 12.7. The second-order valence-electron chi connectivity index (χ2n) is 9.74. The van der Waals surface area contributed by atoms with E-state index < -0.39 is 12.0 Å². The van der Waals surface area contributed by atoms with Crippen LogP contribution in [0.4, 0.5) is 5.95 Å². The quantitative estimate of drug-likeness (QED) is 0.222. The summed E-state index contributed by atoms with van der Waals surface area (Å²) in [5.74, 6) is -0.773. The number of carboxylic acids is 1. The molecule has 9 nitrogen and oxygen atoms in total. The van der Waals surface area contributed by atoms with Gasteiger partial charge in [0.1, 0.15) is 6.04 Å². The molecule has 0 fully saturated rings. The highest BCUT2D eigenvalue weighted by atomic mass is 16.4. The molecule has 5 rings (SSSR count). The number of imidazole rings is 2. The summed E-state index contributed by atoms with van der Waals surface area (Å²) in [6, 6.07) is 18.2. The molecule has 1 amide bonds. The first kappa shape index (κ1) is 25.7. The molecule has 4 N–H and O–H groups in total. The Labute approximate surface area is 225 Å². The normalized spacial score (nSPS) is 11.9. The van der Waals surface area contributed by atoms with Gasteiger partial charge in [0.05, 0.1) is 29.6 Å². The van der Waals surface area contributed by atoms with Crippen LogP contribution in [0.5, 0.6) is 0 Å². The molecule has 0 spiro atoms. The Kier molecular flexibility index (Phi) is 7.14. The summed E-state index contributed by atoms with van der Waals surface area (Å²) in [5.41, 5.74) is 7.63. The molecule has 198 valence electrons. The number of carbonyl (C=O) groups excluding carboxylic acids is 1. The van der Waals surface area contributed by atoms with Crippen molar-refractivity contribution in [3.05, 3.63) is 107 Å². The molecule has 0 aliphatic rings. The number of hydrogen-bond donors (Lipinski definition) is 4. The molecule has 3 aromatic carbocycles. The van der Waals surface area contributed by atoms with Crippen LogP contribution in [0, 0.1) is 20.8 Å². The van der Waals surface area contributed by atoms with Gasteiger partial charge in [0.25, 0.3) is 5.91 Å². The van der Waals surface area contributed by atoms with Gasteiger partial charge in [0.15, 0.2) is 0 Å². The van der Waals surface area contributed by atoms with E-state index in [1.54, 1.807) is 6.33 Å². The Morgan fingerprint density at radius 1 is 1.03 bits per heavy atom. The van der Waals surface area contributed by atoms with E-state index in [0.29, 0.717) is 18.1 Å². The lowest BCUT2D eigenvalue weighted by atomic mass is 9.98. The molecule has 0 saturated carbocycles. The van der Waals surface area contributed by atoms with Gasteiger partial charge < -0.3 is 25.3 Å². The van der Waals surface area contributed by atoms with E-state index in [-0.39, 0.29) is 12.3 Å². The molecule has 39 heavy (non-hydrogen) atoms. The third kappa shape index (κ3) is 5.82. The number of H-pyrrole nitrogens is 1. The number of nitrogens with one attached hydrogen (secondary N) is 3. The third-order valence-electron chi connectivity index (χ3n) is 6.64. The number of hydrogen-bond acceptors (Lipinski definition) is 5. The summed E-state index contributed by atoms with van der Waals surface area (Å²) in [6.07, 6.45) is 3.83. The van der Waals surface area contributed by atoms with Gasteiger partial charge in [-0.3, -0.25) is 4.79 Å². The number of anilines is 1. The number of amides is 1. The molecule has 0 aliphatic heterocycles. The minimum absolute atomic E-state index is 0.169. The van der Waals surface area contributed by atoms with Crippen LogP contribution in [0.2, 0.25) is 0 Å². The molecule has 0 saturated heterocycles. The Morgan fingerprint density at radius 2 is 1.74 bits per heavy atom. The molecule has 5 aromatic rings. The maximum atomic E-state index is 12.9. The summed E-state index contributed by atoms with van der Waals surface area (Å²) in [6.45, 7) is 6.19. The van der Waals surface area contributed by atoms with Gasteiger partial charge in [0.2, 0.25) is 5.95 Å². The number of nitrogens with zero attached hydrogens (tertiary/aromatic N) is 3. The Balaban J connectivity index is 1.22. The maximum Gasteiger partial charge on any atom is 0.326 e. The van der Waals surface area contributed by atoms with Crippen molar-refractivity contribution in [2.24, 2.45) is 0 Å². The Bertz CT molecular complexity index is 1600. The number of rotatable bonds is 9. The van der Waals surface area contributed by atoms with Crippen LogP contribution in [0.3, 0.4) is 0 Å². The number of aromatic nitrogens is 4. The molecule has 0 bridgehead atoms. The topological polar surface area (TPSA) is 125 Å². The van der Waals surface area contributed by atoms with Crippen molar-refractivity contribution in [1.29, 1.82) is 0 Å². The van der Waals surface area contributed by atoms with Gasteiger partial charge in [-0.05, 0) is 61.7 Å². The standard InChI is InChI=1S/C30H30N6O3/c1-18-12-19(2)27(20(3)13-18)28(37)33-26(29(38)39)14-21-8-10-23(11-9-21)36-16-22(32-17-36)15-31-30-34-24-6-4-5-7-25(24)35-30/h4-13,16-17,26H,14-15H2,1-3H3,(H,33,37)(H,38,39)(H2,31,34,35). The second kappa shape index (κ2) is 10.8. The Morgan fingerprint density at radius 3 is 2.44 bits per heavy atom. The molecule has 2 heterocycles. The number of carbonyl (C=O) groups is 2. The number of fused-ring (bicyclic) bond motifs is 1. The summed E-state index contributed by atoms with van der Waals surface area (Å²) in [5, 5.41) is 15.7. The largest absolute Gasteiger partial charge is 0.480 e. The average Bonchev–Trinajstić information content (AvgIpc) is 3.54. The van der Waals surface area contributed by atoms with Crippen LogP contribution in [0.15, 0.2) is 73.2 Å². The van der Waals surface area contributed by atoms with E-state index in [1.807, 2.05) is 92.2 Å². The minimum Gasteiger partial charge on any atom is -0.480 e. The predicted molar refractivity (Wildman–Crippen MR) is 150 cm³/mol. The first-order chi connectivity index (χ1) is 18.8. The van der Waals surface area contributed by atoms with Gasteiger partial charge in [-0.25, -0.2) is 14.8 Å². The van der Waals surface area contributed by atoms with E-state index in [1.165, 1.54) is 0 Å². The van der Waals surface area contributed by atoms with E-state index >= 15 is 0 Å². The summed E-state index contributed by atoms with van der Waals surface area (Å²) in [7, 11) is 0. The number of aliphatic carboxylic acids is 1. The lowest BCUT2D eigenvalue weighted by Gasteiger charge is -2.17. The molecule has 1 atom stereocenters. The maximum absolute atomic E-state index is 12.9. The van der Waals surface area contributed by atoms with E-state index in [4.69, 9.17) is 0 Å². The monoisotopic (exact) mass is 522 g/mol. The van der Waals surface area contributed by atoms with Crippen LogP contribution in [0.1, 0.15) is 38.3 Å². The van der Waals surface area contributed by atoms with Gasteiger partial charge in [0, 0.05) is 23.9 Å². The fraction of sp³-hybridized carbons (Fsp3) is 0.200. The zero-order chi connectivity index (χ0) is 27.5. The summed E-state index contributed by atoms with van der Waals surface area (Å²) >= 11 is 0. The van der Waals surface area contributed by atoms with Crippen LogP contribution >= 0.6 is 0 Å². The number of aromatic amines is 1. The summed E-state index contributed by atoms with van der Waals surface area (Å²) in [4.78, 5) is 37.1. The van der Waals surface area contributed by atoms with Crippen LogP contribution < -0.4 is 10.6 Å². The SMILES string of the molecule is Cc1cc(C)c(C(=O)NC(Cc2ccc(-n3cnc(CNc4nc5ccccc5[nH]4)c3)cc2)C(=O)O)c(C)c1. The smallest absolute Gasteiger partial charge is 0.326 e. The predicted octanol–water partition coefficient (Wildman–Crippen LogP) is 4.71. The fourth-order valence-electron chi connectivity index (χ4n) is 4.82. The number of benzene rings is 3. The fourth-order valence-corrected chi connectivity index (χ4v) is 4.82. The molecule has 0 radical (unpaired) electrons. The lowest BCUT2D eigenvalue weighted by Crippen LogP contribution is -2.42. The highest BCUT2D eigenvalue weighted by molar-refractivity contribution is 5.99. The third-order valence-corrected chi connectivity index (χ3v) is 6.64. The summed E-state index contributed by atoms with van der Waals surface area (Å²) < 4.78 is 1.90. The van der Waals surface area contributed by atoms with Gasteiger partial charge in [-0.15, -0.1) is 0 Å². The van der Waals surface area contributed by atoms with E-state index in [2.05, 4.69) is 25.6 Å². The highest BCUT2D eigenvalue weighted by Crippen LogP contribution is 2.18. The van der Waals surface area contributed by atoms with Crippen molar-refractivity contribution in [3.8, 4) is 5.69 Å². The molecule has 1 unspecified atom stereocenters. The molecule has 0 aliphatic carbocycles. The minimum atomic E-state index is -1.08. The molecule has 9 heteroatoms. The van der Waals surface area contributed by atoms with Crippen molar-refractivity contribution < 1.29 is 14.7 Å². The van der Waals surface area contributed by atoms with Crippen LogP contribution in [-0.2, 0) is 17.8 Å². The van der Waals surface area contributed by atoms with Crippen molar-refractivity contribution in [1.82, 2.24) is 24.8 Å². The van der Waals surface area contributed by atoms with E-state index in [9.17, 15) is 14.7 Å². The molecular weight excluding hydrogens is 492 g/mol. The van der Waals surface area contributed by atoms with Crippen molar-refractivity contribution in [3.63, 3.8) is 0 Å². The van der Waals surface area contributed by atoms with Crippen molar-refractivity contribution in [2.45, 2.75) is 39.8 Å². The van der Waals surface area contributed by atoms with Gasteiger partial charge in [-0.2, -0.15) is 0 Å². The highest BCUT2D eigenvalue weighted by Gasteiger charge is 2.23. The average molecular weight is 523 g/mol. The second-order valence-corrected chi connectivity index (χ2v) is 9.74. The molecule has 2 aromatic heterocycles. The number of aryl methyl sites for hydroxylation is 3. The number of carboxylic acid groups (broad SMARTS) is 1. The zero-order valence-corrected chi connectivity index (χ0v) is 22.0. The van der Waals surface area contributed by atoms with Crippen molar-refractivity contribution in [2.75, 3.05) is 5.32 Å². The van der Waals surface area contributed by atoms with Crippen LogP contribution in [-0.4, -0.2) is 42.5 Å². The van der Waals surface area contributed by atoms with Gasteiger partial charge in [-0.1, -0.05) is 42.0 Å². The number of para-hydroxylation sites is 2. The Hall–Kier alpha value is -4.92. The zero-order valence-electron chi connectivity index (χ0n) is 22.0.